The van der Waals surface area contributed by atoms with Crippen molar-refractivity contribution in [3.63, 3.8) is 0 Å². The van der Waals surface area contributed by atoms with Gasteiger partial charge in [0.25, 0.3) is 11.6 Å². The fourth-order valence-corrected chi connectivity index (χ4v) is 3.17. The second-order valence-corrected chi connectivity index (χ2v) is 6.92. The highest BCUT2D eigenvalue weighted by molar-refractivity contribution is 6.18. The summed E-state index contributed by atoms with van der Waals surface area (Å²) in [6.45, 7) is 3.15. The largest absolute Gasteiger partial charge is 1.00 e. The van der Waals surface area contributed by atoms with Gasteiger partial charge in [-0.3, -0.25) is 19.8 Å². The molecule has 0 spiro atoms. The second kappa shape index (κ2) is 13.5. The molecule has 0 saturated heterocycles. The molecule has 1 amide bonds. The molecule has 2 rings (SSSR count). The molecule has 29 heavy (non-hydrogen) atoms. The molecule has 0 fully saturated rings. The molecule has 0 aliphatic rings. The second-order valence-electron chi connectivity index (χ2n) is 6.16. The minimum atomic E-state index is -0.427. The average molecular weight is 506 g/mol. The zero-order chi connectivity index (χ0) is 20.4. The lowest BCUT2D eigenvalue weighted by Crippen LogP contribution is -3.00. The number of carbonyl (C=O) groups is 1. The molecule has 0 aliphatic carbocycles. The molecular weight excluding hydrogens is 483 g/mol. The van der Waals surface area contributed by atoms with Crippen molar-refractivity contribution in [2.75, 3.05) is 37.9 Å². The molecule has 0 atom stereocenters. The molecule has 158 valence electrons. The lowest BCUT2D eigenvalue weighted by molar-refractivity contribution is -0.688. The summed E-state index contributed by atoms with van der Waals surface area (Å²) in [5.74, 6) is 0.882. The topological polar surface area (TPSA) is 79.4 Å². The number of nitrogens with zero attached hydrogens (tertiary/aromatic N) is 3. The minimum absolute atomic E-state index is 0. The van der Waals surface area contributed by atoms with Gasteiger partial charge in [-0.1, -0.05) is 0 Å². The maximum absolute atomic E-state index is 12.4. The van der Waals surface area contributed by atoms with Gasteiger partial charge in [0.2, 0.25) is 0 Å². The van der Waals surface area contributed by atoms with Gasteiger partial charge < -0.3 is 22.3 Å². The third kappa shape index (κ3) is 8.65. The number of benzene rings is 1. The van der Waals surface area contributed by atoms with Crippen molar-refractivity contribution >= 4 is 34.8 Å². The number of halogens is 3. The van der Waals surface area contributed by atoms with E-state index in [-0.39, 0.29) is 28.6 Å². The Bertz CT molecular complexity index is 787. The molecule has 1 N–H and O–H groups in total. The van der Waals surface area contributed by atoms with Crippen LogP contribution < -0.4 is 26.9 Å². The number of hydrogen-bond donors (Lipinski definition) is 1. The van der Waals surface area contributed by atoms with E-state index in [9.17, 15) is 14.9 Å². The van der Waals surface area contributed by atoms with Crippen molar-refractivity contribution in [1.82, 2.24) is 10.2 Å². The first-order valence-corrected chi connectivity index (χ1v) is 9.95. The third-order valence-corrected chi connectivity index (χ3v) is 4.49. The van der Waals surface area contributed by atoms with Gasteiger partial charge in [-0.15, -0.1) is 23.2 Å². The van der Waals surface area contributed by atoms with Crippen LogP contribution in [0.3, 0.4) is 0 Å². The summed E-state index contributed by atoms with van der Waals surface area (Å²) < 4.78 is 1.86. The molecule has 1 heterocycles. The van der Waals surface area contributed by atoms with Gasteiger partial charge in [0.1, 0.15) is 5.56 Å². The molecule has 0 radical (unpaired) electrons. The van der Waals surface area contributed by atoms with Crippen LogP contribution in [0.4, 0.5) is 5.69 Å². The monoisotopic (exact) mass is 504 g/mol. The molecule has 1 aromatic heterocycles. The molecule has 0 aliphatic heterocycles. The number of aromatic nitrogens is 1. The molecule has 10 heteroatoms. The maximum Gasteiger partial charge on any atom is 0.269 e. The SMILES string of the molecule is O=C(NCCN(CCCl)CCCl)c1ccc[n+](Cc2ccc([N+](=O)[O-])cc2)c1.[Br-]. The van der Waals surface area contributed by atoms with Crippen molar-refractivity contribution in [3.8, 4) is 0 Å². The number of hydrogen-bond acceptors (Lipinski definition) is 4. The number of non-ortho nitro benzene ring substituents is 1. The predicted octanol–water partition coefficient (Wildman–Crippen LogP) is -0.556. The number of nitro benzene ring substituents is 1. The lowest BCUT2D eigenvalue weighted by Gasteiger charge is -2.19. The Labute approximate surface area is 190 Å². The maximum atomic E-state index is 12.4. The van der Waals surface area contributed by atoms with Crippen molar-refractivity contribution in [2.24, 2.45) is 0 Å². The van der Waals surface area contributed by atoms with E-state index in [0.29, 0.717) is 37.0 Å². The van der Waals surface area contributed by atoms with Crippen LogP contribution in [0.2, 0.25) is 0 Å². The van der Waals surface area contributed by atoms with Crippen LogP contribution in [0.1, 0.15) is 15.9 Å². The van der Waals surface area contributed by atoms with E-state index in [1.54, 1.807) is 30.5 Å². The summed E-state index contributed by atoms with van der Waals surface area (Å²) in [5.41, 5.74) is 1.51. The molecule has 0 unspecified atom stereocenters. The number of carbonyl (C=O) groups excluding carboxylic acids is 1. The van der Waals surface area contributed by atoms with Crippen molar-refractivity contribution in [1.29, 1.82) is 0 Å². The number of rotatable bonds is 11. The Hall–Kier alpha value is -1.74. The van der Waals surface area contributed by atoms with E-state index in [1.807, 2.05) is 10.8 Å². The Balaban J connectivity index is 0.00000420. The van der Waals surface area contributed by atoms with E-state index in [2.05, 4.69) is 10.2 Å². The van der Waals surface area contributed by atoms with Gasteiger partial charge in [-0.25, -0.2) is 0 Å². The molecule has 7 nitrogen and oxygen atoms in total. The highest BCUT2D eigenvalue weighted by Gasteiger charge is 2.12. The van der Waals surface area contributed by atoms with Gasteiger partial charge in [-0.2, -0.15) is 4.57 Å². The molecular formula is C19H23BrCl2N4O3. The van der Waals surface area contributed by atoms with Crippen molar-refractivity contribution in [2.45, 2.75) is 6.54 Å². The zero-order valence-corrected chi connectivity index (χ0v) is 18.9. The Morgan fingerprint density at radius 2 is 1.76 bits per heavy atom. The quantitative estimate of drug-likeness (QED) is 0.192. The predicted molar refractivity (Wildman–Crippen MR) is 109 cm³/mol. The van der Waals surface area contributed by atoms with E-state index in [4.69, 9.17) is 23.2 Å². The lowest BCUT2D eigenvalue weighted by atomic mass is 10.2. The normalized spacial score (nSPS) is 10.4. The Morgan fingerprint density at radius 1 is 1.10 bits per heavy atom. The fourth-order valence-electron chi connectivity index (χ4n) is 2.69. The number of nitrogens with one attached hydrogen (secondary N) is 1. The fraction of sp³-hybridized carbons (Fsp3) is 0.368. The molecule has 0 bridgehead atoms. The van der Waals surface area contributed by atoms with E-state index in [0.717, 1.165) is 18.7 Å². The number of amides is 1. The first-order chi connectivity index (χ1) is 13.5. The summed E-state index contributed by atoms with van der Waals surface area (Å²) in [7, 11) is 0. The summed E-state index contributed by atoms with van der Waals surface area (Å²) in [4.78, 5) is 24.8. The summed E-state index contributed by atoms with van der Waals surface area (Å²) in [6.07, 6.45) is 3.60. The first-order valence-electron chi connectivity index (χ1n) is 8.88. The van der Waals surface area contributed by atoms with Gasteiger partial charge in [-0.05, 0) is 18.2 Å². The van der Waals surface area contributed by atoms with Crippen LogP contribution >= 0.6 is 23.2 Å². The van der Waals surface area contributed by atoms with Gasteiger partial charge >= 0.3 is 0 Å². The van der Waals surface area contributed by atoms with Crippen molar-refractivity contribution < 1.29 is 31.3 Å². The average Bonchev–Trinajstić information content (AvgIpc) is 2.69. The number of nitro groups is 1. The summed E-state index contributed by atoms with van der Waals surface area (Å²) >= 11 is 11.5. The smallest absolute Gasteiger partial charge is 0.269 e. The Morgan fingerprint density at radius 3 is 2.34 bits per heavy atom. The van der Waals surface area contributed by atoms with Crippen molar-refractivity contribution in [3.05, 3.63) is 70.0 Å². The molecule has 1 aromatic carbocycles. The summed E-state index contributed by atoms with van der Waals surface area (Å²) in [5, 5.41) is 13.6. The number of pyridine rings is 1. The molecule has 2 aromatic rings. The van der Waals surface area contributed by atoms with Gasteiger partial charge in [0, 0.05) is 61.7 Å². The van der Waals surface area contributed by atoms with Crippen LogP contribution in [0.5, 0.6) is 0 Å². The van der Waals surface area contributed by atoms with E-state index >= 15 is 0 Å². The first kappa shape index (κ1) is 25.3. The van der Waals surface area contributed by atoms with E-state index in [1.165, 1.54) is 12.1 Å². The third-order valence-electron chi connectivity index (χ3n) is 4.15. The highest BCUT2D eigenvalue weighted by Crippen LogP contribution is 2.11. The van der Waals surface area contributed by atoms with Crippen LogP contribution in [-0.4, -0.2) is 53.7 Å². The highest BCUT2D eigenvalue weighted by atomic mass is 79.9. The number of alkyl halides is 2. The van der Waals surface area contributed by atoms with Crippen LogP contribution in [-0.2, 0) is 6.54 Å². The zero-order valence-electron chi connectivity index (χ0n) is 15.8. The standard InChI is InChI=1S/C19H22Cl2N4O3.BrH/c20-7-11-23(12-8-21)13-9-22-19(26)17-2-1-10-24(15-17)14-16-3-5-18(6-4-16)25(27)28;/h1-6,10,15H,7-9,11-14H2;1H. The van der Waals surface area contributed by atoms with Gasteiger partial charge in [0.05, 0.1) is 4.92 Å². The van der Waals surface area contributed by atoms with Gasteiger partial charge in [0.15, 0.2) is 18.9 Å². The van der Waals surface area contributed by atoms with Crippen LogP contribution in [0.15, 0.2) is 48.8 Å². The minimum Gasteiger partial charge on any atom is -1.00 e. The van der Waals surface area contributed by atoms with E-state index < -0.39 is 4.92 Å². The Kier molecular flexibility index (Phi) is 11.8. The summed E-state index contributed by atoms with van der Waals surface area (Å²) in [6, 6.07) is 9.91. The van der Waals surface area contributed by atoms with Crippen LogP contribution in [0.25, 0.3) is 0 Å². The van der Waals surface area contributed by atoms with Crippen LogP contribution in [0, 0.1) is 10.1 Å². The molecule has 0 saturated carbocycles.